The topological polar surface area (TPSA) is 26.0 Å². The van der Waals surface area contributed by atoms with Crippen molar-refractivity contribution in [2.24, 2.45) is 5.73 Å². The van der Waals surface area contributed by atoms with Crippen molar-refractivity contribution in [1.29, 1.82) is 0 Å². The van der Waals surface area contributed by atoms with Gasteiger partial charge < -0.3 is 5.73 Å². The molecule has 0 saturated heterocycles. The minimum absolute atomic E-state index is 0.0573. The minimum atomic E-state index is -0.537. The molecule has 14 heavy (non-hydrogen) atoms. The molecule has 0 heterocycles. The Morgan fingerprint density at radius 2 is 1.93 bits per heavy atom. The van der Waals surface area contributed by atoms with E-state index in [0.717, 1.165) is 0 Å². The molecule has 1 rings (SSSR count). The lowest BCUT2D eigenvalue weighted by Gasteiger charge is -2.10. The SMILES string of the molecule is C=CCC(N)Cc1c(F)cccc1F. The van der Waals surface area contributed by atoms with Gasteiger partial charge in [0.25, 0.3) is 0 Å². The van der Waals surface area contributed by atoms with Crippen molar-refractivity contribution in [3.63, 3.8) is 0 Å². The van der Waals surface area contributed by atoms with E-state index in [1.54, 1.807) is 6.08 Å². The van der Waals surface area contributed by atoms with Crippen LogP contribution in [0.2, 0.25) is 0 Å². The lowest BCUT2D eigenvalue weighted by Crippen LogP contribution is -2.23. The van der Waals surface area contributed by atoms with E-state index < -0.39 is 11.6 Å². The summed E-state index contributed by atoms with van der Waals surface area (Å²) in [6, 6.07) is 3.53. The van der Waals surface area contributed by atoms with Gasteiger partial charge in [0.2, 0.25) is 0 Å². The zero-order valence-corrected chi connectivity index (χ0v) is 7.84. The first-order valence-electron chi connectivity index (χ1n) is 4.44. The van der Waals surface area contributed by atoms with E-state index in [9.17, 15) is 8.78 Å². The van der Waals surface area contributed by atoms with Gasteiger partial charge in [0.15, 0.2) is 0 Å². The van der Waals surface area contributed by atoms with E-state index in [1.165, 1.54) is 18.2 Å². The number of benzene rings is 1. The first-order chi connectivity index (χ1) is 6.65. The molecule has 0 saturated carbocycles. The molecular weight excluding hydrogens is 184 g/mol. The quantitative estimate of drug-likeness (QED) is 0.737. The zero-order valence-electron chi connectivity index (χ0n) is 7.84. The smallest absolute Gasteiger partial charge is 0.129 e. The Hall–Kier alpha value is -1.22. The third-order valence-corrected chi connectivity index (χ3v) is 2.00. The van der Waals surface area contributed by atoms with E-state index in [2.05, 4.69) is 6.58 Å². The van der Waals surface area contributed by atoms with Crippen molar-refractivity contribution in [3.8, 4) is 0 Å². The second kappa shape index (κ2) is 4.86. The van der Waals surface area contributed by atoms with Crippen LogP contribution in [0.3, 0.4) is 0 Å². The molecule has 1 aromatic rings. The highest BCUT2D eigenvalue weighted by Gasteiger charge is 2.11. The Morgan fingerprint density at radius 1 is 1.36 bits per heavy atom. The fourth-order valence-corrected chi connectivity index (χ4v) is 1.29. The average Bonchev–Trinajstić information content (AvgIpc) is 2.12. The van der Waals surface area contributed by atoms with Crippen LogP contribution in [0.25, 0.3) is 0 Å². The number of hydrogen-bond donors (Lipinski definition) is 1. The Morgan fingerprint density at radius 3 is 2.43 bits per heavy atom. The number of halogens is 2. The summed E-state index contributed by atoms with van der Waals surface area (Å²) in [4.78, 5) is 0. The highest BCUT2D eigenvalue weighted by Crippen LogP contribution is 2.14. The Bertz CT molecular complexity index is 303. The summed E-state index contributed by atoms with van der Waals surface area (Å²) in [7, 11) is 0. The Kier molecular flexibility index (Phi) is 3.77. The lowest BCUT2D eigenvalue weighted by molar-refractivity contribution is 0.535. The number of rotatable bonds is 4. The monoisotopic (exact) mass is 197 g/mol. The van der Waals surface area contributed by atoms with E-state index >= 15 is 0 Å². The molecule has 0 amide bonds. The Labute approximate surface area is 82.2 Å². The predicted octanol–water partition coefficient (Wildman–Crippen LogP) is 2.41. The van der Waals surface area contributed by atoms with Crippen molar-refractivity contribution in [1.82, 2.24) is 0 Å². The first kappa shape index (κ1) is 10.9. The van der Waals surface area contributed by atoms with Gasteiger partial charge in [-0.1, -0.05) is 12.1 Å². The maximum absolute atomic E-state index is 13.1. The molecule has 0 spiro atoms. The number of nitrogens with two attached hydrogens (primary N) is 1. The van der Waals surface area contributed by atoms with Crippen LogP contribution in [0.15, 0.2) is 30.9 Å². The fraction of sp³-hybridized carbons (Fsp3) is 0.273. The maximum atomic E-state index is 13.1. The van der Waals surface area contributed by atoms with E-state index in [-0.39, 0.29) is 18.0 Å². The van der Waals surface area contributed by atoms with Crippen LogP contribution in [0.5, 0.6) is 0 Å². The molecule has 1 atom stereocenters. The van der Waals surface area contributed by atoms with Crippen LogP contribution in [0.4, 0.5) is 8.78 Å². The highest BCUT2D eigenvalue weighted by molar-refractivity contribution is 5.20. The van der Waals surface area contributed by atoms with Crippen molar-refractivity contribution in [3.05, 3.63) is 48.1 Å². The second-order valence-electron chi connectivity index (χ2n) is 3.19. The van der Waals surface area contributed by atoms with E-state index in [0.29, 0.717) is 6.42 Å². The summed E-state index contributed by atoms with van der Waals surface area (Å²) in [6.45, 7) is 3.52. The summed E-state index contributed by atoms with van der Waals surface area (Å²) in [5.41, 5.74) is 5.71. The van der Waals surface area contributed by atoms with Gasteiger partial charge >= 0.3 is 0 Å². The molecule has 76 valence electrons. The van der Waals surface area contributed by atoms with Crippen molar-refractivity contribution in [2.45, 2.75) is 18.9 Å². The molecule has 1 unspecified atom stereocenters. The third-order valence-electron chi connectivity index (χ3n) is 2.00. The molecule has 0 bridgehead atoms. The molecule has 0 fully saturated rings. The van der Waals surface area contributed by atoms with Crippen LogP contribution < -0.4 is 5.73 Å². The first-order valence-corrected chi connectivity index (χ1v) is 4.44. The van der Waals surface area contributed by atoms with Gasteiger partial charge in [0.1, 0.15) is 11.6 Å². The molecule has 0 aliphatic rings. The molecule has 1 aromatic carbocycles. The summed E-state index contributed by atoms with van der Waals surface area (Å²) < 4.78 is 26.3. The zero-order chi connectivity index (χ0) is 10.6. The molecule has 1 nitrogen and oxygen atoms in total. The summed E-state index contributed by atoms with van der Waals surface area (Å²) in [6.07, 6.45) is 2.39. The van der Waals surface area contributed by atoms with Gasteiger partial charge in [-0.05, 0) is 25.0 Å². The predicted molar refractivity (Wildman–Crippen MR) is 52.9 cm³/mol. The molecule has 0 aliphatic heterocycles. The molecule has 0 aromatic heterocycles. The van der Waals surface area contributed by atoms with Gasteiger partial charge in [-0.15, -0.1) is 6.58 Å². The molecule has 0 radical (unpaired) electrons. The van der Waals surface area contributed by atoms with Gasteiger partial charge in [-0.25, -0.2) is 8.78 Å². The van der Waals surface area contributed by atoms with Crippen LogP contribution in [-0.4, -0.2) is 6.04 Å². The minimum Gasteiger partial charge on any atom is -0.327 e. The van der Waals surface area contributed by atoms with Crippen molar-refractivity contribution in [2.75, 3.05) is 0 Å². The van der Waals surface area contributed by atoms with Crippen molar-refractivity contribution < 1.29 is 8.78 Å². The highest BCUT2D eigenvalue weighted by atomic mass is 19.1. The van der Waals surface area contributed by atoms with Gasteiger partial charge in [0.05, 0.1) is 0 Å². The van der Waals surface area contributed by atoms with Gasteiger partial charge in [-0.2, -0.15) is 0 Å². The van der Waals surface area contributed by atoms with Gasteiger partial charge in [0, 0.05) is 11.6 Å². The maximum Gasteiger partial charge on any atom is 0.129 e. The molecule has 3 heteroatoms. The normalized spacial score (nSPS) is 12.5. The summed E-state index contributed by atoms with van der Waals surface area (Å²) in [5.74, 6) is -1.07. The van der Waals surface area contributed by atoms with E-state index in [1.807, 2.05) is 0 Å². The second-order valence-corrected chi connectivity index (χ2v) is 3.19. The third kappa shape index (κ3) is 2.64. The largest absolute Gasteiger partial charge is 0.327 e. The van der Waals surface area contributed by atoms with Crippen LogP contribution in [-0.2, 0) is 6.42 Å². The molecule has 2 N–H and O–H groups in total. The Balaban J connectivity index is 2.80. The van der Waals surface area contributed by atoms with Gasteiger partial charge in [-0.3, -0.25) is 0 Å². The standard InChI is InChI=1S/C11H13F2N/c1-2-4-8(14)7-9-10(12)5-3-6-11(9)13/h2-3,5-6,8H,1,4,7,14H2. The van der Waals surface area contributed by atoms with Crippen LogP contribution in [0, 0.1) is 11.6 Å². The average molecular weight is 197 g/mol. The number of hydrogen-bond acceptors (Lipinski definition) is 1. The molecule has 0 aliphatic carbocycles. The van der Waals surface area contributed by atoms with Crippen LogP contribution in [0.1, 0.15) is 12.0 Å². The summed E-state index contributed by atoms with van der Waals surface area (Å²) in [5, 5.41) is 0. The fourth-order valence-electron chi connectivity index (χ4n) is 1.29. The lowest BCUT2D eigenvalue weighted by atomic mass is 10.0. The summed E-state index contributed by atoms with van der Waals surface area (Å²) >= 11 is 0. The van der Waals surface area contributed by atoms with Crippen molar-refractivity contribution >= 4 is 0 Å². The molecular formula is C11H13F2N. The van der Waals surface area contributed by atoms with E-state index in [4.69, 9.17) is 5.73 Å². The van der Waals surface area contributed by atoms with Crippen LogP contribution >= 0.6 is 0 Å².